The SMILES string of the molecule is CNc1ccc(C(=O)OC(C)C(C)C)cc1. The molecule has 0 aliphatic carbocycles. The van der Waals surface area contributed by atoms with E-state index in [9.17, 15) is 4.79 Å². The fourth-order valence-corrected chi connectivity index (χ4v) is 1.15. The molecule has 0 saturated carbocycles. The number of carbonyl (C=O) groups excluding carboxylic acids is 1. The molecule has 1 aromatic rings. The monoisotopic (exact) mass is 221 g/mol. The quantitative estimate of drug-likeness (QED) is 0.794. The largest absolute Gasteiger partial charge is 0.459 e. The van der Waals surface area contributed by atoms with E-state index in [2.05, 4.69) is 5.32 Å². The molecule has 0 aromatic heterocycles. The molecular formula is C13H19NO2. The Hall–Kier alpha value is -1.51. The van der Waals surface area contributed by atoms with Gasteiger partial charge in [-0.1, -0.05) is 13.8 Å². The van der Waals surface area contributed by atoms with E-state index in [0.717, 1.165) is 5.69 Å². The summed E-state index contributed by atoms with van der Waals surface area (Å²) >= 11 is 0. The van der Waals surface area contributed by atoms with E-state index >= 15 is 0 Å². The number of anilines is 1. The summed E-state index contributed by atoms with van der Waals surface area (Å²) in [6, 6.07) is 7.25. The van der Waals surface area contributed by atoms with Crippen LogP contribution in [-0.4, -0.2) is 19.1 Å². The maximum absolute atomic E-state index is 11.7. The minimum Gasteiger partial charge on any atom is -0.459 e. The summed E-state index contributed by atoms with van der Waals surface area (Å²) in [5.41, 5.74) is 1.57. The van der Waals surface area contributed by atoms with Crippen molar-refractivity contribution in [3.05, 3.63) is 29.8 Å². The number of hydrogen-bond acceptors (Lipinski definition) is 3. The van der Waals surface area contributed by atoms with Crippen LogP contribution >= 0.6 is 0 Å². The van der Waals surface area contributed by atoms with Crippen molar-refractivity contribution in [3.63, 3.8) is 0 Å². The Kier molecular flexibility index (Phi) is 4.35. The van der Waals surface area contributed by atoms with E-state index in [1.54, 1.807) is 12.1 Å². The number of benzene rings is 1. The zero-order valence-corrected chi connectivity index (χ0v) is 10.3. The van der Waals surface area contributed by atoms with Crippen molar-refractivity contribution in [3.8, 4) is 0 Å². The Morgan fingerprint density at radius 3 is 2.19 bits per heavy atom. The van der Waals surface area contributed by atoms with Gasteiger partial charge >= 0.3 is 5.97 Å². The third-order valence-corrected chi connectivity index (χ3v) is 2.64. The molecule has 88 valence electrons. The van der Waals surface area contributed by atoms with Gasteiger partial charge in [0.1, 0.15) is 6.10 Å². The second-order valence-corrected chi connectivity index (χ2v) is 4.18. The highest BCUT2D eigenvalue weighted by Gasteiger charge is 2.14. The molecule has 0 fully saturated rings. The van der Waals surface area contributed by atoms with Crippen molar-refractivity contribution in [2.75, 3.05) is 12.4 Å². The van der Waals surface area contributed by atoms with Crippen LogP contribution in [0.2, 0.25) is 0 Å². The lowest BCUT2D eigenvalue weighted by Crippen LogP contribution is -2.20. The normalized spacial score (nSPS) is 12.3. The molecule has 0 amide bonds. The average molecular weight is 221 g/mol. The highest BCUT2D eigenvalue weighted by atomic mass is 16.5. The predicted octanol–water partition coefficient (Wildman–Crippen LogP) is 2.93. The van der Waals surface area contributed by atoms with Gasteiger partial charge in [-0.15, -0.1) is 0 Å². The molecule has 0 heterocycles. The Labute approximate surface area is 96.8 Å². The molecule has 0 bridgehead atoms. The van der Waals surface area contributed by atoms with Crippen LogP contribution in [0.4, 0.5) is 5.69 Å². The van der Waals surface area contributed by atoms with E-state index in [1.165, 1.54) is 0 Å². The van der Waals surface area contributed by atoms with Gasteiger partial charge in [-0.25, -0.2) is 4.79 Å². The van der Waals surface area contributed by atoms with Crippen molar-refractivity contribution in [1.82, 2.24) is 0 Å². The van der Waals surface area contributed by atoms with Crippen molar-refractivity contribution < 1.29 is 9.53 Å². The molecule has 3 nitrogen and oxygen atoms in total. The second kappa shape index (κ2) is 5.54. The van der Waals surface area contributed by atoms with Crippen LogP contribution in [0, 0.1) is 5.92 Å². The van der Waals surface area contributed by atoms with Gasteiger partial charge in [0, 0.05) is 12.7 Å². The molecule has 1 rings (SSSR count). The first-order valence-corrected chi connectivity index (χ1v) is 5.53. The van der Waals surface area contributed by atoms with Crippen LogP contribution in [0.25, 0.3) is 0 Å². The molecule has 0 radical (unpaired) electrons. The Bertz CT molecular complexity index is 343. The molecule has 3 heteroatoms. The van der Waals surface area contributed by atoms with Gasteiger partial charge < -0.3 is 10.1 Å². The molecule has 0 aliphatic heterocycles. The van der Waals surface area contributed by atoms with Crippen LogP contribution in [0.3, 0.4) is 0 Å². The topological polar surface area (TPSA) is 38.3 Å². The minimum absolute atomic E-state index is 0.0588. The van der Waals surface area contributed by atoms with E-state index in [0.29, 0.717) is 11.5 Å². The highest BCUT2D eigenvalue weighted by molar-refractivity contribution is 5.89. The van der Waals surface area contributed by atoms with E-state index in [-0.39, 0.29) is 12.1 Å². The van der Waals surface area contributed by atoms with Crippen molar-refractivity contribution in [1.29, 1.82) is 0 Å². The molecule has 0 aliphatic rings. The maximum atomic E-state index is 11.7. The molecule has 1 atom stereocenters. The lowest BCUT2D eigenvalue weighted by atomic mass is 10.1. The highest BCUT2D eigenvalue weighted by Crippen LogP contribution is 2.12. The summed E-state index contributed by atoms with van der Waals surface area (Å²) < 4.78 is 5.31. The first-order chi connectivity index (χ1) is 7.54. The molecule has 16 heavy (non-hydrogen) atoms. The van der Waals surface area contributed by atoms with Crippen LogP contribution in [0.5, 0.6) is 0 Å². The third-order valence-electron chi connectivity index (χ3n) is 2.64. The standard InChI is InChI=1S/C13H19NO2/c1-9(2)10(3)16-13(15)11-5-7-12(14-4)8-6-11/h5-10,14H,1-4H3. The number of carbonyl (C=O) groups is 1. The summed E-state index contributed by atoms with van der Waals surface area (Å²) in [6.07, 6.45) is -0.0588. The summed E-state index contributed by atoms with van der Waals surface area (Å²) in [6.45, 7) is 5.97. The number of ether oxygens (including phenoxy) is 1. The van der Waals surface area contributed by atoms with Crippen LogP contribution in [-0.2, 0) is 4.74 Å². The molecule has 0 saturated heterocycles. The lowest BCUT2D eigenvalue weighted by Gasteiger charge is -2.16. The summed E-state index contributed by atoms with van der Waals surface area (Å²) in [5.74, 6) is 0.0735. The predicted molar refractivity (Wildman–Crippen MR) is 65.7 cm³/mol. The molecule has 1 unspecified atom stereocenters. The van der Waals surface area contributed by atoms with Gasteiger partial charge in [0.2, 0.25) is 0 Å². The Balaban J connectivity index is 2.66. The molecule has 0 spiro atoms. The molecular weight excluding hydrogens is 202 g/mol. The average Bonchev–Trinajstić information content (AvgIpc) is 2.28. The zero-order chi connectivity index (χ0) is 12.1. The third kappa shape index (κ3) is 3.26. The van der Waals surface area contributed by atoms with Gasteiger partial charge in [0.05, 0.1) is 5.56 Å². The number of nitrogens with one attached hydrogen (secondary N) is 1. The van der Waals surface area contributed by atoms with Crippen LogP contribution < -0.4 is 5.32 Å². The fourth-order valence-electron chi connectivity index (χ4n) is 1.15. The van der Waals surface area contributed by atoms with Gasteiger partial charge in [-0.05, 0) is 37.1 Å². The van der Waals surface area contributed by atoms with E-state index in [4.69, 9.17) is 4.74 Å². The smallest absolute Gasteiger partial charge is 0.338 e. The number of hydrogen-bond donors (Lipinski definition) is 1. The lowest BCUT2D eigenvalue weighted by molar-refractivity contribution is 0.0238. The van der Waals surface area contributed by atoms with Crippen LogP contribution in [0.15, 0.2) is 24.3 Å². The number of rotatable bonds is 4. The van der Waals surface area contributed by atoms with Gasteiger partial charge in [0.15, 0.2) is 0 Å². The summed E-state index contributed by atoms with van der Waals surface area (Å²) in [5, 5.41) is 3.00. The van der Waals surface area contributed by atoms with Crippen molar-refractivity contribution >= 4 is 11.7 Å². The Morgan fingerprint density at radius 2 is 1.75 bits per heavy atom. The molecule has 1 aromatic carbocycles. The van der Waals surface area contributed by atoms with E-state index in [1.807, 2.05) is 40.0 Å². The maximum Gasteiger partial charge on any atom is 0.338 e. The van der Waals surface area contributed by atoms with Gasteiger partial charge in [0.25, 0.3) is 0 Å². The van der Waals surface area contributed by atoms with Gasteiger partial charge in [-0.2, -0.15) is 0 Å². The first kappa shape index (κ1) is 12.6. The van der Waals surface area contributed by atoms with Gasteiger partial charge in [-0.3, -0.25) is 0 Å². The van der Waals surface area contributed by atoms with E-state index < -0.39 is 0 Å². The van der Waals surface area contributed by atoms with Crippen molar-refractivity contribution in [2.45, 2.75) is 26.9 Å². The zero-order valence-electron chi connectivity index (χ0n) is 10.3. The second-order valence-electron chi connectivity index (χ2n) is 4.18. The van der Waals surface area contributed by atoms with Crippen LogP contribution in [0.1, 0.15) is 31.1 Å². The fraction of sp³-hybridized carbons (Fsp3) is 0.462. The summed E-state index contributed by atoms with van der Waals surface area (Å²) in [4.78, 5) is 11.7. The number of esters is 1. The van der Waals surface area contributed by atoms with Crippen molar-refractivity contribution in [2.24, 2.45) is 5.92 Å². The minimum atomic E-state index is -0.260. The first-order valence-electron chi connectivity index (χ1n) is 5.53. The summed E-state index contributed by atoms with van der Waals surface area (Å²) in [7, 11) is 1.84. The Morgan fingerprint density at radius 1 is 1.19 bits per heavy atom. The molecule has 1 N–H and O–H groups in total.